The van der Waals surface area contributed by atoms with Crippen LogP contribution in [0.5, 0.6) is 0 Å². The molecule has 3 aromatic carbocycles. The summed E-state index contributed by atoms with van der Waals surface area (Å²) in [5, 5.41) is 7.15. The summed E-state index contributed by atoms with van der Waals surface area (Å²) in [6, 6.07) is 17.8. The van der Waals surface area contributed by atoms with Crippen LogP contribution in [0.3, 0.4) is 0 Å². The molecule has 1 heterocycles. The Hall–Kier alpha value is -2.29. The first-order valence-corrected chi connectivity index (χ1v) is 10.6. The minimum Gasteiger partial charge on any atom is -0.373 e. The molecule has 3 aromatic rings. The van der Waals surface area contributed by atoms with Crippen LogP contribution < -0.4 is 5.32 Å². The van der Waals surface area contributed by atoms with Crippen LogP contribution in [-0.2, 0) is 4.79 Å². The van der Waals surface area contributed by atoms with Crippen molar-refractivity contribution in [2.75, 3.05) is 5.32 Å². The van der Waals surface area contributed by atoms with E-state index in [1.54, 1.807) is 6.07 Å². The van der Waals surface area contributed by atoms with Crippen molar-refractivity contribution in [1.29, 1.82) is 0 Å². The van der Waals surface area contributed by atoms with Gasteiger partial charge in [0, 0.05) is 33.0 Å². The normalized spacial score (nSPS) is 20.3. The Bertz CT molecular complexity index is 1210. The van der Waals surface area contributed by atoms with Gasteiger partial charge in [0.1, 0.15) is 0 Å². The zero-order chi connectivity index (χ0) is 20.3. The number of anilines is 1. The van der Waals surface area contributed by atoms with Crippen LogP contribution >= 0.6 is 23.2 Å². The first-order chi connectivity index (χ1) is 13.8. The number of carbonyl (C=O) groups is 1. The third-order valence-electron chi connectivity index (χ3n) is 6.02. The minimum atomic E-state index is -0.281. The molecular formula is C25H21Cl2NO. The Balaban J connectivity index is 1.80. The van der Waals surface area contributed by atoms with Gasteiger partial charge in [-0.2, -0.15) is 0 Å². The summed E-state index contributed by atoms with van der Waals surface area (Å²) in [4.78, 5) is 13.3. The molecule has 2 nitrogen and oxygen atoms in total. The van der Waals surface area contributed by atoms with Gasteiger partial charge < -0.3 is 5.32 Å². The van der Waals surface area contributed by atoms with Crippen molar-refractivity contribution in [3.05, 3.63) is 81.3 Å². The van der Waals surface area contributed by atoms with Crippen molar-refractivity contribution in [2.45, 2.75) is 32.7 Å². The topological polar surface area (TPSA) is 29.1 Å². The van der Waals surface area contributed by atoms with Gasteiger partial charge in [-0.15, -0.1) is 0 Å². The molecule has 1 aliphatic carbocycles. The third-order valence-corrected chi connectivity index (χ3v) is 6.59. The molecule has 146 valence electrons. The predicted molar refractivity (Wildman–Crippen MR) is 122 cm³/mol. The number of hydrogen-bond acceptors (Lipinski definition) is 2. The second-order valence-corrected chi connectivity index (χ2v) is 9.63. The lowest BCUT2D eigenvalue weighted by molar-refractivity contribution is -0.118. The van der Waals surface area contributed by atoms with E-state index in [0.717, 1.165) is 39.8 Å². The van der Waals surface area contributed by atoms with E-state index in [1.165, 1.54) is 5.39 Å². The number of Topliss-reactive ketones (excluding diaryl/α,β-unsaturated/α-hetero) is 1. The molecule has 0 bridgehead atoms. The van der Waals surface area contributed by atoms with Crippen molar-refractivity contribution >= 4 is 51.0 Å². The number of rotatable bonds is 1. The largest absolute Gasteiger partial charge is 0.373 e. The standard InChI is InChI=1S/C25H21Cl2NO/c1-25(2)12-19-17-9-7-14-5-3-4-6-16(14)23(17)28-24(22(19)21(29)13-25)18-10-8-15(26)11-20(18)27/h3-11,24,28H,12-13H2,1-2H3. The highest BCUT2D eigenvalue weighted by Gasteiger charge is 2.41. The molecule has 1 unspecified atom stereocenters. The van der Waals surface area contributed by atoms with E-state index in [1.807, 2.05) is 18.2 Å². The van der Waals surface area contributed by atoms with Crippen molar-refractivity contribution in [3.8, 4) is 0 Å². The second-order valence-electron chi connectivity index (χ2n) is 8.79. The first-order valence-electron chi connectivity index (χ1n) is 9.84. The minimum absolute atomic E-state index is 0.0650. The lowest BCUT2D eigenvalue weighted by Crippen LogP contribution is -2.33. The van der Waals surface area contributed by atoms with E-state index in [4.69, 9.17) is 23.2 Å². The van der Waals surface area contributed by atoms with Gasteiger partial charge in [0.05, 0.1) is 11.7 Å². The summed E-state index contributed by atoms with van der Waals surface area (Å²) in [5.74, 6) is 0.193. The zero-order valence-corrected chi connectivity index (χ0v) is 17.9. The molecule has 1 N–H and O–H groups in total. The highest BCUT2D eigenvalue weighted by atomic mass is 35.5. The van der Waals surface area contributed by atoms with Crippen molar-refractivity contribution in [1.82, 2.24) is 0 Å². The number of carbonyl (C=O) groups excluding carboxylic acids is 1. The summed E-state index contributed by atoms with van der Waals surface area (Å²) in [6.07, 6.45) is 1.40. The van der Waals surface area contributed by atoms with Gasteiger partial charge in [-0.05, 0) is 40.5 Å². The highest BCUT2D eigenvalue weighted by molar-refractivity contribution is 6.35. The molecular weight excluding hydrogens is 401 g/mol. The van der Waals surface area contributed by atoms with Crippen LogP contribution in [0.15, 0.2) is 60.2 Å². The van der Waals surface area contributed by atoms with Gasteiger partial charge in [-0.25, -0.2) is 0 Å². The lowest BCUT2D eigenvalue weighted by atomic mass is 9.68. The molecule has 0 fully saturated rings. The number of ketones is 1. The third kappa shape index (κ3) is 3.06. The molecule has 0 radical (unpaired) electrons. The van der Waals surface area contributed by atoms with Gasteiger partial charge in [0.15, 0.2) is 5.78 Å². The highest BCUT2D eigenvalue weighted by Crippen LogP contribution is 2.52. The summed E-state index contributed by atoms with van der Waals surface area (Å²) in [7, 11) is 0. The fourth-order valence-corrected chi connectivity index (χ4v) is 5.29. The number of allylic oxidation sites excluding steroid dienone is 1. The number of fused-ring (bicyclic) bond motifs is 4. The fraction of sp³-hybridized carbons (Fsp3) is 0.240. The van der Waals surface area contributed by atoms with E-state index in [-0.39, 0.29) is 17.2 Å². The average Bonchev–Trinajstić information content (AvgIpc) is 2.66. The summed E-state index contributed by atoms with van der Waals surface area (Å²) < 4.78 is 0. The maximum atomic E-state index is 13.3. The maximum Gasteiger partial charge on any atom is 0.162 e. The van der Waals surface area contributed by atoms with Gasteiger partial charge in [-0.3, -0.25) is 4.79 Å². The van der Waals surface area contributed by atoms with Crippen LogP contribution in [-0.4, -0.2) is 5.78 Å². The van der Waals surface area contributed by atoms with E-state index < -0.39 is 0 Å². The number of nitrogens with one attached hydrogen (secondary N) is 1. The number of hydrogen-bond donors (Lipinski definition) is 1. The van der Waals surface area contributed by atoms with E-state index in [2.05, 4.69) is 49.5 Å². The Labute approximate surface area is 180 Å². The molecule has 0 spiro atoms. The predicted octanol–water partition coefficient (Wildman–Crippen LogP) is 7.46. The van der Waals surface area contributed by atoms with Crippen LogP contribution in [0, 0.1) is 5.41 Å². The molecule has 4 heteroatoms. The monoisotopic (exact) mass is 421 g/mol. The average molecular weight is 422 g/mol. The zero-order valence-electron chi connectivity index (χ0n) is 16.4. The summed E-state index contributed by atoms with van der Waals surface area (Å²) >= 11 is 12.7. The van der Waals surface area contributed by atoms with Crippen LogP contribution in [0.25, 0.3) is 16.3 Å². The molecule has 0 saturated carbocycles. The smallest absolute Gasteiger partial charge is 0.162 e. The SMILES string of the molecule is CC1(C)CC(=O)C2=C(C1)c1ccc3ccccc3c1NC2c1ccc(Cl)cc1Cl. The first kappa shape index (κ1) is 18.7. The number of benzene rings is 3. The van der Waals surface area contributed by atoms with Crippen LogP contribution in [0.2, 0.25) is 10.0 Å². The second kappa shape index (κ2) is 6.62. The summed E-state index contributed by atoms with van der Waals surface area (Å²) in [6.45, 7) is 4.34. The maximum absolute atomic E-state index is 13.3. The van der Waals surface area contributed by atoms with Gasteiger partial charge in [0.25, 0.3) is 0 Å². The molecule has 1 atom stereocenters. The number of halogens is 2. The van der Waals surface area contributed by atoms with Gasteiger partial charge in [-0.1, -0.05) is 79.5 Å². The van der Waals surface area contributed by atoms with E-state index in [9.17, 15) is 4.79 Å². The molecule has 2 aliphatic rings. The molecule has 29 heavy (non-hydrogen) atoms. The van der Waals surface area contributed by atoms with Gasteiger partial charge in [0.2, 0.25) is 0 Å². The van der Waals surface area contributed by atoms with Crippen molar-refractivity contribution in [3.63, 3.8) is 0 Å². The molecule has 5 rings (SSSR count). The fourth-order valence-electron chi connectivity index (χ4n) is 4.77. The lowest BCUT2D eigenvalue weighted by Gasteiger charge is -2.40. The van der Waals surface area contributed by atoms with Gasteiger partial charge >= 0.3 is 0 Å². The Morgan fingerprint density at radius 3 is 2.59 bits per heavy atom. The Kier molecular flexibility index (Phi) is 4.27. The van der Waals surface area contributed by atoms with Crippen LogP contribution in [0.1, 0.15) is 43.9 Å². The molecule has 0 saturated heterocycles. The van der Waals surface area contributed by atoms with Crippen LogP contribution in [0.4, 0.5) is 5.69 Å². The van der Waals surface area contributed by atoms with Crippen molar-refractivity contribution in [2.24, 2.45) is 5.41 Å². The summed E-state index contributed by atoms with van der Waals surface area (Å²) in [5.41, 5.74) is 5.00. The Morgan fingerprint density at radius 2 is 1.79 bits per heavy atom. The molecule has 0 amide bonds. The van der Waals surface area contributed by atoms with E-state index >= 15 is 0 Å². The molecule has 1 aliphatic heterocycles. The quantitative estimate of drug-likeness (QED) is 0.441. The molecule has 0 aromatic heterocycles. The van der Waals surface area contributed by atoms with E-state index in [0.29, 0.717) is 16.5 Å². The Morgan fingerprint density at radius 1 is 1.00 bits per heavy atom. The van der Waals surface area contributed by atoms with Crippen molar-refractivity contribution < 1.29 is 4.79 Å².